The average molecular weight is 327 g/mol. The van der Waals surface area contributed by atoms with Crippen LogP contribution in [0.3, 0.4) is 0 Å². The third-order valence-corrected chi connectivity index (χ3v) is 3.68. The molecule has 124 valence electrons. The van der Waals surface area contributed by atoms with Crippen LogP contribution >= 0.6 is 0 Å². The first-order valence-corrected chi connectivity index (χ1v) is 7.60. The van der Waals surface area contributed by atoms with Crippen molar-refractivity contribution in [3.63, 3.8) is 0 Å². The van der Waals surface area contributed by atoms with Crippen molar-refractivity contribution in [2.24, 2.45) is 0 Å². The van der Waals surface area contributed by atoms with E-state index in [0.29, 0.717) is 34.8 Å². The molecule has 0 aliphatic heterocycles. The van der Waals surface area contributed by atoms with E-state index in [2.05, 4.69) is 10.1 Å². The van der Waals surface area contributed by atoms with Gasteiger partial charge in [-0.25, -0.2) is 9.78 Å². The van der Waals surface area contributed by atoms with Crippen LogP contribution in [0.25, 0.3) is 5.65 Å². The highest BCUT2D eigenvalue weighted by atomic mass is 16.5. The van der Waals surface area contributed by atoms with Crippen molar-refractivity contribution < 1.29 is 14.1 Å². The van der Waals surface area contributed by atoms with E-state index in [0.717, 1.165) is 5.56 Å². The van der Waals surface area contributed by atoms with Crippen LogP contribution in [0.1, 0.15) is 40.0 Å². The first-order valence-electron chi connectivity index (χ1n) is 7.60. The Morgan fingerprint density at radius 3 is 2.88 bits per heavy atom. The van der Waals surface area contributed by atoms with Crippen molar-refractivity contribution in [2.45, 2.75) is 33.8 Å². The number of ether oxygens (including phenoxy) is 1. The fourth-order valence-electron chi connectivity index (χ4n) is 2.46. The predicted octanol–water partition coefficient (Wildman–Crippen LogP) is 2.22. The van der Waals surface area contributed by atoms with Gasteiger partial charge in [-0.2, -0.15) is 0 Å². The SMILES string of the molecule is CCc1noc(C)c1C(=O)OCc1cc(=O)n2cc(C)ccc2n1. The summed E-state index contributed by atoms with van der Waals surface area (Å²) < 4.78 is 11.8. The number of carbonyl (C=O) groups excluding carboxylic acids is 1. The van der Waals surface area contributed by atoms with Crippen molar-refractivity contribution in [1.29, 1.82) is 0 Å². The number of hydrogen-bond donors (Lipinski definition) is 0. The van der Waals surface area contributed by atoms with E-state index >= 15 is 0 Å². The largest absolute Gasteiger partial charge is 0.455 e. The molecule has 0 radical (unpaired) electrons. The highest BCUT2D eigenvalue weighted by Gasteiger charge is 2.20. The molecule has 0 saturated carbocycles. The fourth-order valence-corrected chi connectivity index (χ4v) is 2.46. The quantitative estimate of drug-likeness (QED) is 0.683. The van der Waals surface area contributed by atoms with Gasteiger partial charge in [0.05, 0.1) is 11.4 Å². The maximum atomic E-state index is 12.2. The standard InChI is InChI=1S/C17H17N3O4/c1-4-13-16(11(3)24-19-13)17(22)23-9-12-7-15(21)20-8-10(2)5-6-14(20)18-12/h5-8H,4,9H2,1-3H3. The number of esters is 1. The van der Waals surface area contributed by atoms with Crippen molar-refractivity contribution >= 4 is 11.6 Å². The lowest BCUT2D eigenvalue weighted by molar-refractivity contribution is 0.0464. The van der Waals surface area contributed by atoms with Crippen molar-refractivity contribution in [3.8, 4) is 0 Å². The Kier molecular flexibility index (Phi) is 4.16. The van der Waals surface area contributed by atoms with E-state index in [1.165, 1.54) is 10.5 Å². The predicted molar refractivity (Wildman–Crippen MR) is 85.9 cm³/mol. The van der Waals surface area contributed by atoms with Gasteiger partial charge in [0.25, 0.3) is 5.56 Å². The van der Waals surface area contributed by atoms with E-state index in [1.54, 1.807) is 19.2 Å². The summed E-state index contributed by atoms with van der Waals surface area (Å²) >= 11 is 0. The number of aromatic nitrogens is 3. The molecule has 0 aliphatic rings. The minimum atomic E-state index is -0.531. The van der Waals surface area contributed by atoms with Crippen LogP contribution in [0.2, 0.25) is 0 Å². The van der Waals surface area contributed by atoms with Gasteiger partial charge in [-0.05, 0) is 31.9 Å². The molecule has 0 bridgehead atoms. The minimum Gasteiger partial charge on any atom is -0.455 e. The first-order chi connectivity index (χ1) is 11.5. The highest BCUT2D eigenvalue weighted by molar-refractivity contribution is 5.91. The second-order valence-electron chi connectivity index (χ2n) is 5.51. The van der Waals surface area contributed by atoms with Gasteiger partial charge in [-0.15, -0.1) is 0 Å². The smallest absolute Gasteiger partial charge is 0.344 e. The minimum absolute atomic E-state index is 0.0910. The van der Waals surface area contributed by atoms with Crippen LogP contribution < -0.4 is 5.56 Å². The van der Waals surface area contributed by atoms with Crippen LogP contribution in [-0.4, -0.2) is 20.5 Å². The summed E-state index contributed by atoms with van der Waals surface area (Å²) in [6.45, 7) is 5.34. The Bertz CT molecular complexity index is 972. The Balaban J connectivity index is 1.83. The molecule has 7 heteroatoms. The van der Waals surface area contributed by atoms with Crippen molar-refractivity contribution in [1.82, 2.24) is 14.5 Å². The Morgan fingerprint density at radius 2 is 2.12 bits per heavy atom. The highest BCUT2D eigenvalue weighted by Crippen LogP contribution is 2.16. The molecule has 0 aromatic carbocycles. The van der Waals surface area contributed by atoms with Crippen molar-refractivity contribution in [2.75, 3.05) is 0 Å². The Morgan fingerprint density at radius 1 is 1.33 bits per heavy atom. The zero-order valence-corrected chi connectivity index (χ0v) is 13.7. The normalized spacial score (nSPS) is 11.0. The van der Waals surface area contributed by atoms with Gasteiger partial charge in [-0.3, -0.25) is 9.20 Å². The topological polar surface area (TPSA) is 86.7 Å². The molecule has 0 spiro atoms. The summed E-state index contributed by atoms with van der Waals surface area (Å²) in [5.74, 6) is -0.115. The summed E-state index contributed by atoms with van der Waals surface area (Å²) in [6, 6.07) is 4.98. The molecule has 3 aromatic rings. The molecule has 0 saturated heterocycles. The molecule has 0 atom stereocenters. The van der Waals surface area contributed by atoms with Gasteiger partial charge in [0, 0.05) is 12.3 Å². The molecule has 0 N–H and O–H groups in total. The average Bonchev–Trinajstić information content (AvgIpc) is 2.94. The van der Waals surface area contributed by atoms with Crippen LogP contribution in [0.4, 0.5) is 0 Å². The van der Waals surface area contributed by atoms with Gasteiger partial charge in [0.15, 0.2) is 0 Å². The summed E-state index contributed by atoms with van der Waals surface area (Å²) in [5.41, 5.74) is 2.54. The molecular formula is C17H17N3O4. The maximum absolute atomic E-state index is 12.2. The molecule has 0 fully saturated rings. The number of fused-ring (bicyclic) bond motifs is 1. The number of nitrogens with zero attached hydrogens (tertiary/aromatic N) is 3. The summed E-state index contributed by atoms with van der Waals surface area (Å²) in [7, 11) is 0. The molecular weight excluding hydrogens is 310 g/mol. The maximum Gasteiger partial charge on any atom is 0.344 e. The number of aryl methyl sites for hydroxylation is 3. The van der Waals surface area contributed by atoms with Crippen LogP contribution in [0.15, 0.2) is 33.7 Å². The Labute approximate surface area is 137 Å². The molecule has 3 heterocycles. The third-order valence-electron chi connectivity index (χ3n) is 3.68. The molecule has 0 amide bonds. The monoisotopic (exact) mass is 327 g/mol. The number of rotatable bonds is 4. The van der Waals surface area contributed by atoms with E-state index in [4.69, 9.17) is 9.26 Å². The molecule has 3 rings (SSSR count). The number of carbonyl (C=O) groups is 1. The van der Waals surface area contributed by atoms with Gasteiger partial charge < -0.3 is 9.26 Å². The lowest BCUT2D eigenvalue weighted by atomic mass is 10.1. The fraction of sp³-hybridized carbons (Fsp3) is 0.294. The summed E-state index contributed by atoms with van der Waals surface area (Å²) in [5, 5.41) is 3.83. The van der Waals surface area contributed by atoms with E-state index < -0.39 is 5.97 Å². The summed E-state index contributed by atoms with van der Waals surface area (Å²) in [4.78, 5) is 28.7. The van der Waals surface area contributed by atoms with Crippen LogP contribution in [-0.2, 0) is 17.8 Å². The van der Waals surface area contributed by atoms with E-state index in [9.17, 15) is 9.59 Å². The van der Waals surface area contributed by atoms with Crippen LogP contribution in [0.5, 0.6) is 0 Å². The van der Waals surface area contributed by atoms with Gasteiger partial charge in [-0.1, -0.05) is 18.1 Å². The van der Waals surface area contributed by atoms with Gasteiger partial charge in [0.1, 0.15) is 23.6 Å². The van der Waals surface area contributed by atoms with Crippen molar-refractivity contribution in [3.05, 3.63) is 63.0 Å². The number of hydrogen-bond acceptors (Lipinski definition) is 6. The van der Waals surface area contributed by atoms with Crippen LogP contribution in [0, 0.1) is 13.8 Å². The lowest BCUT2D eigenvalue weighted by Gasteiger charge is -2.06. The third kappa shape index (κ3) is 2.92. The van der Waals surface area contributed by atoms with E-state index in [-0.39, 0.29) is 12.2 Å². The molecule has 24 heavy (non-hydrogen) atoms. The summed E-state index contributed by atoms with van der Waals surface area (Å²) in [6.07, 6.45) is 2.28. The molecule has 0 aliphatic carbocycles. The molecule has 7 nitrogen and oxygen atoms in total. The second kappa shape index (κ2) is 6.27. The Hall–Kier alpha value is -2.96. The van der Waals surface area contributed by atoms with Gasteiger partial charge >= 0.3 is 5.97 Å². The molecule has 3 aromatic heterocycles. The lowest BCUT2D eigenvalue weighted by Crippen LogP contribution is -2.17. The first kappa shape index (κ1) is 15.9. The van der Waals surface area contributed by atoms with E-state index in [1.807, 2.05) is 19.9 Å². The zero-order valence-electron chi connectivity index (χ0n) is 13.7. The van der Waals surface area contributed by atoms with Gasteiger partial charge in [0.2, 0.25) is 0 Å². The zero-order chi connectivity index (χ0) is 17.3. The molecule has 0 unspecified atom stereocenters. The second-order valence-corrected chi connectivity index (χ2v) is 5.51. The number of pyridine rings is 1.